The highest BCUT2D eigenvalue weighted by atomic mass is 16.4. The van der Waals surface area contributed by atoms with E-state index in [2.05, 4.69) is 15.3 Å². The Labute approximate surface area is 135 Å². The minimum atomic E-state index is -0.252. The number of aromatic nitrogens is 2. The minimum Gasteiger partial charge on any atom is -0.444 e. The first-order chi connectivity index (χ1) is 10.8. The number of aromatic amines is 1. The van der Waals surface area contributed by atoms with Crippen molar-refractivity contribution in [1.82, 2.24) is 15.3 Å². The molecule has 2 heterocycles. The first-order valence-electron chi connectivity index (χ1n) is 7.78. The zero-order chi connectivity index (χ0) is 17.1. The van der Waals surface area contributed by atoms with Crippen molar-refractivity contribution in [3.8, 4) is 0 Å². The maximum absolute atomic E-state index is 12.5. The summed E-state index contributed by atoms with van der Waals surface area (Å²) < 4.78 is 5.46. The SMILES string of the molecule is CCCc1c(C(=O)NCc2nc(C)c(C)o2)[nH]c(C)c1C(C)=O. The van der Waals surface area contributed by atoms with Gasteiger partial charge >= 0.3 is 0 Å². The van der Waals surface area contributed by atoms with Crippen molar-refractivity contribution in [3.05, 3.63) is 39.9 Å². The Hall–Kier alpha value is -2.37. The van der Waals surface area contributed by atoms with Gasteiger partial charge in [-0.2, -0.15) is 0 Å². The molecule has 0 saturated carbocycles. The minimum absolute atomic E-state index is 0.0276. The maximum Gasteiger partial charge on any atom is 0.268 e. The topological polar surface area (TPSA) is 88.0 Å². The highest BCUT2D eigenvalue weighted by Crippen LogP contribution is 2.21. The molecule has 0 atom stereocenters. The second-order valence-corrected chi connectivity index (χ2v) is 5.72. The van der Waals surface area contributed by atoms with Crippen molar-refractivity contribution in [1.29, 1.82) is 0 Å². The van der Waals surface area contributed by atoms with E-state index in [1.54, 1.807) is 0 Å². The highest BCUT2D eigenvalue weighted by molar-refractivity contribution is 6.02. The third kappa shape index (κ3) is 3.52. The van der Waals surface area contributed by atoms with Gasteiger partial charge in [-0.3, -0.25) is 9.59 Å². The summed E-state index contributed by atoms with van der Waals surface area (Å²) in [6, 6.07) is 0. The van der Waals surface area contributed by atoms with E-state index in [0.717, 1.165) is 29.1 Å². The Morgan fingerprint density at radius 1 is 1.26 bits per heavy atom. The summed E-state index contributed by atoms with van der Waals surface area (Å²) in [6.07, 6.45) is 1.54. The van der Waals surface area contributed by atoms with Gasteiger partial charge in [0.25, 0.3) is 5.91 Å². The van der Waals surface area contributed by atoms with E-state index in [4.69, 9.17) is 4.42 Å². The van der Waals surface area contributed by atoms with Crippen LogP contribution in [-0.2, 0) is 13.0 Å². The summed E-state index contributed by atoms with van der Waals surface area (Å²) in [5.74, 6) is 0.939. The molecule has 0 radical (unpaired) electrons. The summed E-state index contributed by atoms with van der Waals surface area (Å²) >= 11 is 0. The highest BCUT2D eigenvalue weighted by Gasteiger charge is 2.22. The monoisotopic (exact) mass is 317 g/mol. The van der Waals surface area contributed by atoms with E-state index < -0.39 is 0 Å². The third-order valence-electron chi connectivity index (χ3n) is 3.84. The van der Waals surface area contributed by atoms with Crippen molar-refractivity contribution in [3.63, 3.8) is 0 Å². The van der Waals surface area contributed by atoms with Crippen LogP contribution in [0.25, 0.3) is 0 Å². The molecule has 0 aliphatic rings. The van der Waals surface area contributed by atoms with Crippen molar-refractivity contribution >= 4 is 11.7 Å². The molecule has 0 fully saturated rings. The van der Waals surface area contributed by atoms with Gasteiger partial charge in [0.05, 0.1) is 12.2 Å². The Bertz CT molecular complexity index is 721. The number of Topliss-reactive ketones (excluding diaryl/α,β-unsaturated/α-hetero) is 1. The summed E-state index contributed by atoms with van der Waals surface area (Å²) in [5, 5.41) is 2.80. The van der Waals surface area contributed by atoms with Gasteiger partial charge in [0.1, 0.15) is 11.5 Å². The summed E-state index contributed by atoms with van der Waals surface area (Å²) in [4.78, 5) is 31.6. The first-order valence-corrected chi connectivity index (χ1v) is 7.78. The molecular formula is C17H23N3O3. The normalized spacial score (nSPS) is 10.8. The molecule has 6 nitrogen and oxygen atoms in total. The van der Waals surface area contributed by atoms with Gasteiger partial charge in [-0.1, -0.05) is 13.3 Å². The molecule has 0 aromatic carbocycles. The summed E-state index contributed by atoms with van der Waals surface area (Å²) in [5.41, 5.74) is 3.41. The Morgan fingerprint density at radius 3 is 2.48 bits per heavy atom. The molecule has 0 aliphatic heterocycles. The molecule has 2 rings (SSSR count). The van der Waals surface area contributed by atoms with Crippen molar-refractivity contribution in [2.24, 2.45) is 0 Å². The van der Waals surface area contributed by atoms with E-state index in [-0.39, 0.29) is 18.2 Å². The van der Waals surface area contributed by atoms with Crippen LogP contribution in [0.4, 0.5) is 0 Å². The number of hydrogen-bond donors (Lipinski definition) is 2. The Kier molecular flexibility index (Phi) is 5.03. The molecule has 0 bridgehead atoms. The van der Waals surface area contributed by atoms with Gasteiger partial charge in [-0.05, 0) is 39.7 Å². The number of rotatable bonds is 6. The zero-order valence-corrected chi connectivity index (χ0v) is 14.3. The number of carbonyl (C=O) groups excluding carboxylic acids is 2. The lowest BCUT2D eigenvalue weighted by atomic mass is 10.0. The number of H-pyrrole nitrogens is 1. The van der Waals surface area contributed by atoms with Crippen LogP contribution in [0.1, 0.15) is 69.7 Å². The fourth-order valence-electron chi connectivity index (χ4n) is 2.71. The number of hydrogen-bond acceptors (Lipinski definition) is 4. The lowest BCUT2D eigenvalue weighted by molar-refractivity contribution is 0.0941. The Morgan fingerprint density at radius 2 is 1.96 bits per heavy atom. The van der Waals surface area contributed by atoms with E-state index in [1.807, 2.05) is 27.7 Å². The molecule has 1 amide bonds. The molecule has 0 unspecified atom stereocenters. The molecular weight excluding hydrogens is 294 g/mol. The van der Waals surface area contributed by atoms with Gasteiger partial charge < -0.3 is 14.7 Å². The molecule has 124 valence electrons. The predicted molar refractivity (Wildman–Crippen MR) is 86.7 cm³/mol. The summed E-state index contributed by atoms with van der Waals surface area (Å²) in [6.45, 7) is 9.26. The predicted octanol–water partition coefficient (Wildman–Crippen LogP) is 3.01. The molecule has 0 aliphatic carbocycles. The quantitative estimate of drug-likeness (QED) is 0.802. The van der Waals surface area contributed by atoms with Gasteiger partial charge in [-0.15, -0.1) is 0 Å². The molecule has 23 heavy (non-hydrogen) atoms. The summed E-state index contributed by atoms with van der Waals surface area (Å²) in [7, 11) is 0. The molecule has 0 spiro atoms. The van der Waals surface area contributed by atoms with Crippen LogP contribution in [0.3, 0.4) is 0 Å². The van der Waals surface area contributed by atoms with Crippen LogP contribution in [0.2, 0.25) is 0 Å². The van der Waals surface area contributed by atoms with E-state index in [0.29, 0.717) is 23.6 Å². The maximum atomic E-state index is 12.5. The molecule has 2 N–H and O–H groups in total. The first kappa shape index (κ1) is 17.0. The van der Waals surface area contributed by atoms with E-state index in [1.165, 1.54) is 6.92 Å². The van der Waals surface area contributed by atoms with Crippen molar-refractivity contribution in [2.75, 3.05) is 0 Å². The third-order valence-corrected chi connectivity index (χ3v) is 3.84. The largest absolute Gasteiger partial charge is 0.444 e. The van der Waals surface area contributed by atoms with Crippen molar-refractivity contribution in [2.45, 2.75) is 54.0 Å². The zero-order valence-electron chi connectivity index (χ0n) is 14.3. The lowest BCUT2D eigenvalue weighted by Gasteiger charge is -2.05. The lowest BCUT2D eigenvalue weighted by Crippen LogP contribution is -2.24. The van der Waals surface area contributed by atoms with Gasteiger partial charge in [0.2, 0.25) is 5.89 Å². The van der Waals surface area contributed by atoms with Crippen LogP contribution >= 0.6 is 0 Å². The Balaban J connectivity index is 2.21. The average Bonchev–Trinajstić information content (AvgIpc) is 2.97. The standard InChI is InChI=1S/C17H23N3O3/c1-6-7-13-15(11(4)21)10(3)20-16(13)17(22)18-8-14-19-9(2)12(5)23-14/h20H,6-8H2,1-5H3,(H,18,22). The van der Waals surface area contributed by atoms with Gasteiger partial charge in [0, 0.05) is 11.3 Å². The fraction of sp³-hybridized carbons (Fsp3) is 0.471. The number of amides is 1. The number of nitrogens with one attached hydrogen (secondary N) is 2. The molecule has 6 heteroatoms. The number of ketones is 1. The average molecular weight is 317 g/mol. The van der Waals surface area contributed by atoms with E-state index >= 15 is 0 Å². The van der Waals surface area contributed by atoms with Crippen LogP contribution in [0, 0.1) is 20.8 Å². The van der Waals surface area contributed by atoms with Crippen LogP contribution in [-0.4, -0.2) is 21.7 Å². The van der Waals surface area contributed by atoms with Crippen LogP contribution in [0.15, 0.2) is 4.42 Å². The molecule has 2 aromatic rings. The smallest absolute Gasteiger partial charge is 0.268 e. The van der Waals surface area contributed by atoms with E-state index in [9.17, 15) is 9.59 Å². The van der Waals surface area contributed by atoms with Gasteiger partial charge in [-0.25, -0.2) is 4.98 Å². The van der Waals surface area contributed by atoms with Gasteiger partial charge in [0.15, 0.2) is 5.78 Å². The number of carbonyl (C=O) groups is 2. The van der Waals surface area contributed by atoms with Crippen LogP contribution in [0.5, 0.6) is 0 Å². The number of oxazole rings is 1. The molecule has 2 aromatic heterocycles. The second kappa shape index (κ2) is 6.81. The number of nitrogens with zero attached hydrogens (tertiary/aromatic N) is 1. The second-order valence-electron chi connectivity index (χ2n) is 5.72. The van der Waals surface area contributed by atoms with Crippen LogP contribution < -0.4 is 5.32 Å². The molecule has 0 saturated heterocycles. The number of aryl methyl sites for hydroxylation is 3. The fourth-order valence-corrected chi connectivity index (χ4v) is 2.71. The van der Waals surface area contributed by atoms with Crippen molar-refractivity contribution < 1.29 is 14.0 Å².